The maximum atomic E-state index is 13.4. The summed E-state index contributed by atoms with van der Waals surface area (Å²) in [5.74, 6) is 1.54. The number of anilines is 4. The second-order valence-corrected chi connectivity index (χ2v) is 12.2. The number of carbonyl (C=O) groups excluding carboxylic acids is 1. The number of fused-ring (bicyclic) bond motifs is 3. The third-order valence-corrected chi connectivity index (χ3v) is 9.08. The standard InChI is InChI=1S/C40H37N5O4/c46-40-34-12-7-29(35-27-45(39-26-41-16-14-33(35)39)19-23-49-31-4-2-1-3-5-31)25-37(34)42-36-13-6-28(24-38(36)43-40)15-20-48-32-10-8-30(9-11-32)44-17-21-47-22-18-44/h1-14,16,24-27,42H,15,17-23H2,(H,43,46). The predicted octanol–water partition coefficient (Wildman–Crippen LogP) is 7.55. The van der Waals surface area contributed by atoms with E-state index in [0.717, 1.165) is 82.5 Å². The van der Waals surface area contributed by atoms with Crippen LogP contribution in [0.5, 0.6) is 11.5 Å². The van der Waals surface area contributed by atoms with Gasteiger partial charge in [0, 0.05) is 48.5 Å². The van der Waals surface area contributed by atoms with Crippen LogP contribution in [0.15, 0.2) is 116 Å². The van der Waals surface area contributed by atoms with Gasteiger partial charge in [0.25, 0.3) is 5.91 Å². The van der Waals surface area contributed by atoms with Crippen molar-refractivity contribution in [1.29, 1.82) is 0 Å². The summed E-state index contributed by atoms with van der Waals surface area (Å²) < 4.78 is 19.7. The molecule has 1 amide bonds. The van der Waals surface area contributed by atoms with E-state index < -0.39 is 0 Å². The molecule has 2 aliphatic rings. The average Bonchev–Trinajstić information content (AvgIpc) is 3.45. The molecule has 1 fully saturated rings. The summed E-state index contributed by atoms with van der Waals surface area (Å²) in [4.78, 5) is 20.1. The van der Waals surface area contributed by atoms with Crippen LogP contribution in [0.1, 0.15) is 15.9 Å². The van der Waals surface area contributed by atoms with Gasteiger partial charge in [-0.15, -0.1) is 0 Å². The third kappa shape index (κ3) is 6.66. The Bertz CT molecular complexity index is 2090. The number of ether oxygens (including phenoxy) is 3. The SMILES string of the molecule is O=C1Nc2cc(CCOc3ccc(N4CCOCC4)cc3)ccc2Nc2cc(-c3cn(CCOc4ccccc4)c4cnccc34)ccc21. The number of pyridine rings is 1. The quantitative estimate of drug-likeness (QED) is 0.158. The Kier molecular flexibility index (Phi) is 8.56. The van der Waals surface area contributed by atoms with E-state index in [1.165, 1.54) is 5.69 Å². The van der Waals surface area contributed by atoms with E-state index in [2.05, 4.69) is 55.5 Å². The molecule has 6 aromatic rings. The number of nitrogens with one attached hydrogen (secondary N) is 2. The largest absolute Gasteiger partial charge is 0.493 e. The molecule has 8 rings (SSSR count). The highest BCUT2D eigenvalue weighted by molar-refractivity contribution is 6.13. The van der Waals surface area contributed by atoms with Crippen LogP contribution in [0.2, 0.25) is 0 Å². The molecule has 0 bridgehead atoms. The molecule has 49 heavy (non-hydrogen) atoms. The highest BCUT2D eigenvalue weighted by Gasteiger charge is 2.21. The Hall–Kier alpha value is -5.80. The van der Waals surface area contributed by atoms with Gasteiger partial charge in [-0.05, 0) is 77.9 Å². The molecule has 0 saturated carbocycles. The van der Waals surface area contributed by atoms with Gasteiger partial charge >= 0.3 is 0 Å². The Balaban J connectivity index is 0.957. The second kappa shape index (κ2) is 13.7. The molecular weight excluding hydrogens is 614 g/mol. The van der Waals surface area contributed by atoms with Crippen LogP contribution in [0.3, 0.4) is 0 Å². The lowest BCUT2D eigenvalue weighted by atomic mass is 10.0. The highest BCUT2D eigenvalue weighted by Crippen LogP contribution is 2.37. The van der Waals surface area contributed by atoms with Gasteiger partial charge in [0.05, 0.1) is 60.7 Å². The van der Waals surface area contributed by atoms with Crippen LogP contribution in [0.25, 0.3) is 22.0 Å². The van der Waals surface area contributed by atoms with Gasteiger partial charge < -0.3 is 34.3 Å². The lowest BCUT2D eigenvalue weighted by Crippen LogP contribution is -2.36. The van der Waals surface area contributed by atoms with Crippen LogP contribution in [0, 0.1) is 0 Å². The molecule has 0 spiro atoms. The van der Waals surface area contributed by atoms with Gasteiger partial charge in [-0.3, -0.25) is 9.78 Å². The van der Waals surface area contributed by atoms with Crippen molar-refractivity contribution in [3.63, 3.8) is 0 Å². The molecule has 0 radical (unpaired) electrons. The Morgan fingerprint density at radius 3 is 2.43 bits per heavy atom. The molecule has 0 atom stereocenters. The molecule has 2 aromatic heterocycles. The number of rotatable bonds is 10. The number of hydrogen-bond acceptors (Lipinski definition) is 7. The van der Waals surface area contributed by atoms with Crippen molar-refractivity contribution in [3.8, 4) is 22.6 Å². The van der Waals surface area contributed by atoms with E-state index in [-0.39, 0.29) is 5.91 Å². The van der Waals surface area contributed by atoms with E-state index >= 15 is 0 Å². The second-order valence-electron chi connectivity index (χ2n) is 12.2. The molecular formula is C40H37N5O4. The number of amides is 1. The molecule has 0 unspecified atom stereocenters. The maximum absolute atomic E-state index is 13.4. The monoisotopic (exact) mass is 651 g/mol. The first-order valence-corrected chi connectivity index (χ1v) is 16.7. The Morgan fingerprint density at radius 1 is 0.755 bits per heavy atom. The first-order chi connectivity index (χ1) is 24.2. The van der Waals surface area contributed by atoms with Crippen LogP contribution >= 0.6 is 0 Å². The van der Waals surface area contributed by atoms with Gasteiger partial charge in [-0.1, -0.05) is 30.3 Å². The van der Waals surface area contributed by atoms with E-state index in [1.54, 1.807) is 0 Å². The first kappa shape index (κ1) is 30.5. The fourth-order valence-corrected chi connectivity index (χ4v) is 6.50. The Labute approximate surface area is 285 Å². The van der Waals surface area contributed by atoms with Gasteiger partial charge in [-0.25, -0.2) is 0 Å². The lowest BCUT2D eigenvalue weighted by molar-refractivity contribution is 0.102. The van der Waals surface area contributed by atoms with Crippen molar-refractivity contribution in [2.45, 2.75) is 13.0 Å². The molecule has 246 valence electrons. The smallest absolute Gasteiger partial charge is 0.257 e. The summed E-state index contributed by atoms with van der Waals surface area (Å²) in [6, 6.07) is 32.2. The average molecular weight is 652 g/mol. The maximum Gasteiger partial charge on any atom is 0.257 e. The summed E-state index contributed by atoms with van der Waals surface area (Å²) in [5, 5.41) is 7.73. The van der Waals surface area contributed by atoms with Crippen LogP contribution in [-0.4, -0.2) is 55.0 Å². The van der Waals surface area contributed by atoms with Crippen molar-refractivity contribution < 1.29 is 19.0 Å². The minimum atomic E-state index is -0.147. The molecule has 2 aliphatic heterocycles. The fourth-order valence-electron chi connectivity index (χ4n) is 6.50. The minimum absolute atomic E-state index is 0.147. The number of aromatic nitrogens is 2. The van der Waals surface area contributed by atoms with Crippen LogP contribution in [0.4, 0.5) is 22.7 Å². The van der Waals surface area contributed by atoms with Crippen LogP contribution in [-0.2, 0) is 17.7 Å². The first-order valence-electron chi connectivity index (χ1n) is 16.7. The van der Waals surface area contributed by atoms with Gasteiger partial charge in [0.15, 0.2) is 0 Å². The van der Waals surface area contributed by atoms with E-state index in [1.807, 2.05) is 85.2 Å². The molecule has 0 aliphatic carbocycles. The van der Waals surface area contributed by atoms with Gasteiger partial charge in [0.2, 0.25) is 0 Å². The number of morpholine rings is 1. The summed E-state index contributed by atoms with van der Waals surface area (Å²) >= 11 is 0. The van der Waals surface area contributed by atoms with Crippen molar-refractivity contribution in [2.75, 3.05) is 55.1 Å². The van der Waals surface area contributed by atoms with Crippen LogP contribution < -0.4 is 25.0 Å². The number of nitrogens with zero attached hydrogens (tertiary/aromatic N) is 3. The normalized spacial score (nSPS) is 14.0. The number of hydrogen-bond donors (Lipinski definition) is 2. The van der Waals surface area contributed by atoms with E-state index in [0.29, 0.717) is 31.7 Å². The number of carbonyl (C=O) groups is 1. The summed E-state index contributed by atoms with van der Waals surface area (Å²) in [6.45, 7) is 5.07. The summed E-state index contributed by atoms with van der Waals surface area (Å²) in [6.07, 6.45) is 6.55. The van der Waals surface area contributed by atoms with Crippen molar-refractivity contribution in [1.82, 2.24) is 9.55 Å². The van der Waals surface area contributed by atoms with Crippen molar-refractivity contribution in [3.05, 3.63) is 127 Å². The molecule has 4 aromatic carbocycles. The molecule has 2 N–H and O–H groups in total. The molecule has 1 saturated heterocycles. The molecule has 4 heterocycles. The highest BCUT2D eigenvalue weighted by atomic mass is 16.5. The fraction of sp³-hybridized carbons (Fsp3) is 0.200. The van der Waals surface area contributed by atoms with Crippen molar-refractivity contribution in [2.24, 2.45) is 0 Å². The Morgan fingerprint density at radius 2 is 1.57 bits per heavy atom. The zero-order valence-electron chi connectivity index (χ0n) is 27.1. The van der Waals surface area contributed by atoms with E-state index in [9.17, 15) is 4.79 Å². The van der Waals surface area contributed by atoms with Gasteiger partial charge in [-0.2, -0.15) is 0 Å². The summed E-state index contributed by atoms with van der Waals surface area (Å²) in [7, 11) is 0. The number of para-hydroxylation sites is 1. The third-order valence-electron chi connectivity index (χ3n) is 9.08. The number of benzene rings is 4. The minimum Gasteiger partial charge on any atom is -0.493 e. The van der Waals surface area contributed by atoms with Gasteiger partial charge in [0.1, 0.15) is 18.1 Å². The lowest BCUT2D eigenvalue weighted by Gasteiger charge is -2.28. The van der Waals surface area contributed by atoms with E-state index in [4.69, 9.17) is 14.2 Å². The molecule has 9 heteroatoms. The zero-order chi connectivity index (χ0) is 33.0. The van der Waals surface area contributed by atoms with Crippen molar-refractivity contribution >= 4 is 39.6 Å². The topological polar surface area (TPSA) is 89.9 Å². The zero-order valence-corrected chi connectivity index (χ0v) is 27.1. The summed E-state index contributed by atoms with van der Waals surface area (Å²) in [5.41, 5.74) is 8.31. The predicted molar refractivity (Wildman–Crippen MR) is 193 cm³/mol. The molecule has 9 nitrogen and oxygen atoms in total.